The zero-order valence-electron chi connectivity index (χ0n) is 7.10. The van der Waals surface area contributed by atoms with Crippen molar-refractivity contribution in [1.29, 1.82) is 0 Å². The Balaban J connectivity index is 2.62. The second-order valence-corrected chi connectivity index (χ2v) is 3.56. The summed E-state index contributed by atoms with van der Waals surface area (Å²) >= 11 is 3.21. The van der Waals surface area contributed by atoms with Gasteiger partial charge in [-0.25, -0.2) is 0 Å². The van der Waals surface area contributed by atoms with Crippen molar-refractivity contribution < 1.29 is 10.2 Å². The minimum atomic E-state index is -0.819. The van der Waals surface area contributed by atoms with Crippen LogP contribution in [0.5, 0.6) is 0 Å². The molecular formula is C9H12BrNO2. The molecule has 2 N–H and O–H groups in total. The maximum absolute atomic E-state index is 9.62. The second-order valence-electron chi connectivity index (χ2n) is 2.77. The van der Waals surface area contributed by atoms with Crippen molar-refractivity contribution in [2.24, 2.45) is 0 Å². The normalized spacial score (nSPS) is 15.3. The van der Waals surface area contributed by atoms with Crippen molar-refractivity contribution in [2.75, 3.05) is 5.33 Å². The lowest BCUT2D eigenvalue weighted by molar-refractivity contribution is 0.0173. The summed E-state index contributed by atoms with van der Waals surface area (Å²) in [7, 11) is 0. The Bertz CT molecular complexity index is 243. The first kappa shape index (κ1) is 10.6. The highest BCUT2D eigenvalue weighted by Gasteiger charge is 2.16. The van der Waals surface area contributed by atoms with Crippen molar-refractivity contribution in [2.45, 2.75) is 18.6 Å². The summed E-state index contributed by atoms with van der Waals surface area (Å²) in [6.45, 7) is 0. The highest BCUT2D eigenvalue weighted by atomic mass is 79.9. The third kappa shape index (κ3) is 3.06. The van der Waals surface area contributed by atoms with E-state index in [1.807, 2.05) is 0 Å². The number of hydrogen-bond acceptors (Lipinski definition) is 3. The molecule has 4 heteroatoms. The topological polar surface area (TPSA) is 53.4 Å². The number of pyridine rings is 1. The summed E-state index contributed by atoms with van der Waals surface area (Å²) in [6, 6.07) is 3.39. The first-order chi connectivity index (χ1) is 6.25. The fraction of sp³-hybridized carbons (Fsp3) is 0.444. The molecule has 2 unspecified atom stereocenters. The molecule has 0 aromatic carbocycles. The Kier molecular flexibility index (Phi) is 4.35. The third-order valence-corrected chi connectivity index (χ3v) is 2.27. The lowest BCUT2D eigenvalue weighted by atomic mass is 10.0. The minimum absolute atomic E-state index is 0.531. The molecule has 0 saturated carbocycles. The molecule has 2 atom stereocenters. The number of rotatable bonds is 4. The van der Waals surface area contributed by atoms with Gasteiger partial charge >= 0.3 is 0 Å². The van der Waals surface area contributed by atoms with E-state index in [1.165, 1.54) is 0 Å². The predicted molar refractivity (Wildman–Crippen MR) is 53.6 cm³/mol. The first-order valence-electron chi connectivity index (χ1n) is 4.07. The van der Waals surface area contributed by atoms with E-state index in [1.54, 1.807) is 24.5 Å². The largest absolute Gasteiger partial charge is 0.390 e. The van der Waals surface area contributed by atoms with Gasteiger partial charge in [-0.15, -0.1) is 0 Å². The van der Waals surface area contributed by atoms with E-state index in [2.05, 4.69) is 20.9 Å². The van der Waals surface area contributed by atoms with Gasteiger partial charge in [0.2, 0.25) is 0 Å². The number of alkyl halides is 1. The average molecular weight is 246 g/mol. The summed E-state index contributed by atoms with van der Waals surface area (Å²) in [5.41, 5.74) is 0.698. The summed E-state index contributed by atoms with van der Waals surface area (Å²) < 4.78 is 0. The molecule has 0 fully saturated rings. The minimum Gasteiger partial charge on any atom is -0.390 e. The van der Waals surface area contributed by atoms with Crippen LogP contribution in [0.3, 0.4) is 0 Å². The van der Waals surface area contributed by atoms with Crippen molar-refractivity contribution in [1.82, 2.24) is 4.98 Å². The number of aliphatic hydroxyl groups excluding tert-OH is 2. The quantitative estimate of drug-likeness (QED) is 0.786. The van der Waals surface area contributed by atoms with E-state index in [4.69, 9.17) is 0 Å². The standard InChI is InChI=1S/C9H12BrNO2/c10-4-1-8(12)9(13)7-2-5-11-6-3-7/h2-3,5-6,8-9,12-13H,1,4H2. The number of nitrogens with zero attached hydrogens (tertiary/aromatic N) is 1. The summed E-state index contributed by atoms with van der Waals surface area (Å²) in [5.74, 6) is 0. The van der Waals surface area contributed by atoms with E-state index in [0.717, 1.165) is 0 Å². The zero-order valence-corrected chi connectivity index (χ0v) is 8.68. The van der Waals surface area contributed by atoms with Gasteiger partial charge in [0.05, 0.1) is 6.10 Å². The molecule has 72 valence electrons. The monoisotopic (exact) mass is 245 g/mol. The molecular weight excluding hydrogens is 234 g/mol. The van der Waals surface area contributed by atoms with Crippen LogP contribution in [0.25, 0.3) is 0 Å². The Hall–Kier alpha value is -0.450. The summed E-state index contributed by atoms with van der Waals surface area (Å²) in [5, 5.41) is 19.8. The molecule has 0 bridgehead atoms. The Morgan fingerprint density at radius 1 is 1.31 bits per heavy atom. The van der Waals surface area contributed by atoms with Crippen LogP contribution in [0.15, 0.2) is 24.5 Å². The fourth-order valence-corrected chi connectivity index (χ4v) is 1.52. The highest BCUT2D eigenvalue weighted by molar-refractivity contribution is 9.09. The van der Waals surface area contributed by atoms with Crippen LogP contribution in [0, 0.1) is 0 Å². The number of aliphatic hydroxyl groups is 2. The Morgan fingerprint density at radius 3 is 2.46 bits per heavy atom. The predicted octanol–water partition coefficient (Wildman–Crippen LogP) is 1.26. The average Bonchev–Trinajstić information content (AvgIpc) is 2.18. The van der Waals surface area contributed by atoms with Crippen LogP contribution in [-0.4, -0.2) is 26.6 Å². The molecule has 0 radical (unpaired) electrons. The Labute approximate surface area is 85.6 Å². The van der Waals surface area contributed by atoms with Crippen molar-refractivity contribution in [3.8, 4) is 0 Å². The van der Waals surface area contributed by atoms with E-state index >= 15 is 0 Å². The lowest BCUT2D eigenvalue weighted by Crippen LogP contribution is -2.18. The van der Waals surface area contributed by atoms with Gasteiger partial charge in [-0.2, -0.15) is 0 Å². The SMILES string of the molecule is OC(CCBr)C(O)c1ccncc1. The van der Waals surface area contributed by atoms with E-state index in [0.29, 0.717) is 17.3 Å². The van der Waals surface area contributed by atoms with Crippen molar-refractivity contribution >= 4 is 15.9 Å². The van der Waals surface area contributed by atoms with Gasteiger partial charge in [-0.05, 0) is 24.1 Å². The molecule has 1 aromatic heterocycles. The molecule has 0 aliphatic carbocycles. The van der Waals surface area contributed by atoms with Crippen molar-refractivity contribution in [3.63, 3.8) is 0 Å². The smallest absolute Gasteiger partial charge is 0.105 e. The second kappa shape index (κ2) is 5.32. The van der Waals surface area contributed by atoms with Crippen LogP contribution in [0.4, 0.5) is 0 Å². The fourth-order valence-electron chi connectivity index (χ4n) is 1.05. The summed E-state index contributed by atoms with van der Waals surface area (Å²) in [4.78, 5) is 3.83. The van der Waals surface area contributed by atoms with Crippen LogP contribution in [0.1, 0.15) is 18.1 Å². The van der Waals surface area contributed by atoms with Crippen molar-refractivity contribution in [3.05, 3.63) is 30.1 Å². The van der Waals surface area contributed by atoms with Crippen LogP contribution in [-0.2, 0) is 0 Å². The molecule has 13 heavy (non-hydrogen) atoms. The molecule has 3 nitrogen and oxygen atoms in total. The van der Waals surface area contributed by atoms with Gasteiger partial charge in [0.25, 0.3) is 0 Å². The van der Waals surface area contributed by atoms with E-state index < -0.39 is 12.2 Å². The molecule has 0 amide bonds. The molecule has 0 saturated heterocycles. The molecule has 1 aromatic rings. The number of halogens is 1. The number of aromatic nitrogens is 1. The van der Waals surface area contributed by atoms with Gasteiger partial charge in [0, 0.05) is 17.7 Å². The third-order valence-electron chi connectivity index (χ3n) is 1.82. The van der Waals surface area contributed by atoms with Crippen LogP contribution in [0.2, 0.25) is 0 Å². The van der Waals surface area contributed by atoms with Gasteiger partial charge in [0.1, 0.15) is 6.10 Å². The van der Waals surface area contributed by atoms with Gasteiger partial charge in [-0.1, -0.05) is 15.9 Å². The Morgan fingerprint density at radius 2 is 1.92 bits per heavy atom. The molecule has 0 spiro atoms. The van der Waals surface area contributed by atoms with E-state index in [9.17, 15) is 10.2 Å². The molecule has 0 aliphatic rings. The van der Waals surface area contributed by atoms with Gasteiger partial charge in [-0.3, -0.25) is 4.98 Å². The first-order valence-corrected chi connectivity index (χ1v) is 5.20. The lowest BCUT2D eigenvalue weighted by Gasteiger charge is -2.16. The van der Waals surface area contributed by atoms with Gasteiger partial charge in [0.15, 0.2) is 0 Å². The molecule has 1 heterocycles. The molecule has 1 rings (SSSR count). The van der Waals surface area contributed by atoms with Crippen LogP contribution >= 0.6 is 15.9 Å². The van der Waals surface area contributed by atoms with E-state index in [-0.39, 0.29) is 0 Å². The highest BCUT2D eigenvalue weighted by Crippen LogP contribution is 2.18. The number of hydrogen-bond donors (Lipinski definition) is 2. The molecule has 0 aliphatic heterocycles. The maximum atomic E-state index is 9.62. The zero-order chi connectivity index (χ0) is 9.68. The van der Waals surface area contributed by atoms with Gasteiger partial charge < -0.3 is 10.2 Å². The summed E-state index contributed by atoms with van der Waals surface area (Å²) in [6.07, 6.45) is 2.18. The maximum Gasteiger partial charge on any atom is 0.105 e. The van der Waals surface area contributed by atoms with Crippen LogP contribution < -0.4 is 0 Å².